The number of aromatic nitrogens is 3. The fourth-order valence-electron chi connectivity index (χ4n) is 1.98. The molecular formula is C11H22N6O. The lowest BCUT2D eigenvalue weighted by Crippen LogP contribution is -2.45. The Balaban J connectivity index is 2.61. The van der Waals surface area contributed by atoms with Crippen LogP contribution in [-0.4, -0.2) is 63.7 Å². The molecule has 1 amide bonds. The standard InChI is InChI=1S/C11H22N6O/c1-5-17(9(2)6-15(3)4)10(18)7-16-8-13-11(12)14-16/h8-9H,5-7H2,1-4H3,(H2,12,14). The van der Waals surface area contributed by atoms with Crippen molar-refractivity contribution >= 4 is 11.9 Å². The minimum Gasteiger partial charge on any atom is -0.367 e. The number of nitrogen functional groups attached to an aromatic ring is 1. The van der Waals surface area contributed by atoms with Gasteiger partial charge in [-0.05, 0) is 27.9 Å². The van der Waals surface area contributed by atoms with Gasteiger partial charge in [0.05, 0.1) is 0 Å². The predicted octanol–water partition coefficient (Wildman–Crippen LogP) is -0.341. The Bertz CT molecular complexity index is 389. The van der Waals surface area contributed by atoms with Gasteiger partial charge in [-0.1, -0.05) is 0 Å². The average molecular weight is 254 g/mol. The van der Waals surface area contributed by atoms with Gasteiger partial charge in [-0.3, -0.25) is 4.79 Å². The fourth-order valence-corrected chi connectivity index (χ4v) is 1.98. The van der Waals surface area contributed by atoms with E-state index in [2.05, 4.69) is 15.0 Å². The molecule has 7 nitrogen and oxygen atoms in total. The van der Waals surface area contributed by atoms with Crippen LogP contribution in [-0.2, 0) is 11.3 Å². The Hall–Kier alpha value is -1.63. The molecule has 1 unspecified atom stereocenters. The molecule has 18 heavy (non-hydrogen) atoms. The number of anilines is 1. The molecule has 0 fully saturated rings. The zero-order chi connectivity index (χ0) is 13.7. The monoisotopic (exact) mass is 254 g/mol. The van der Waals surface area contributed by atoms with Crippen molar-refractivity contribution in [3.63, 3.8) is 0 Å². The van der Waals surface area contributed by atoms with Crippen LogP contribution < -0.4 is 5.73 Å². The van der Waals surface area contributed by atoms with Gasteiger partial charge in [0.1, 0.15) is 12.9 Å². The van der Waals surface area contributed by atoms with E-state index in [-0.39, 0.29) is 24.4 Å². The summed E-state index contributed by atoms with van der Waals surface area (Å²) in [7, 11) is 3.99. The van der Waals surface area contributed by atoms with Crippen molar-refractivity contribution in [2.45, 2.75) is 26.4 Å². The molecule has 102 valence electrons. The molecule has 0 aromatic carbocycles. The van der Waals surface area contributed by atoms with Crippen LogP contribution in [0, 0.1) is 0 Å². The molecule has 0 radical (unpaired) electrons. The Morgan fingerprint density at radius 1 is 1.56 bits per heavy atom. The number of amides is 1. The van der Waals surface area contributed by atoms with Crippen LogP contribution in [0.25, 0.3) is 0 Å². The molecule has 1 aromatic heterocycles. The van der Waals surface area contributed by atoms with Crippen LogP contribution in [0.2, 0.25) is 0 Å². The summed E-state index contributed by atoms with van der Waals surface area (Å²) < 4.78 is 1.46. The zero-order valence-corrected chi connectivity index (χ0v) is 11.5. The smallest absolute Gasteiger partial charge is 0.244 e. The highest BCUT2D eigenvalue weighted by Crippen LogP contribution is 2.03. The number of rotatable bonds is 6. The molecule has 0 spiro atoms. The van der Waals surface area contributed by atoms with Gasteiger partial charge in [-0.2, -0.15) is 0 Å². The minimum atomic E-state index is 0.0248. The zero-order valence-electron chi connectivity index (χ0n) is 11.5. The third-order valence-corrected chi connectivity index (χ3v) is 2.67. The second-order valence-corrected chi connectivity index (χ2v) is 4.59. The molecule has 1 rings (SSSR count). The molecule has 0 saturated carbocycles. The molecule has 2 N–H and O–H groups in total. The van der Waals surface area contributed by atoms with Gasteiger partial charge in [0.25, 0.3) is 0 Å². The van der Waals surface area contributed by atoms with Crippen molar-refractivity contribution in [3.05, 3.63) is 6.33 Å². The van der Waals surface area contributed by atoms with E-state index in [4.69, 9.17) is 5.73 Å². The first-order valence-electron chi connectivity index (χ1n) is 6.03. The van der Waals surface area contributed by atoms with E-state index >= 15 is 0 Å². The predicted molar refractivity (Wildman–Crippen MR) is 69.8 cm³/mol. The Morgan fingerprint density at radius 2 is 2.22 bits per heavy atom. The summed E-state index contributed by atoms with van der Waals surface area (Å²) in [5.41, 5.74) is 5.41. The van der Waals surface area contributed by atoms with Gasteiger partial charge in [0.2, 0.25) is 11.9 Å². The number of carbonyl (C=O) groups is 1. The van der Waals surface area contributed by atoms with Gasteiger partial charge < -0.3 is 15.5 Å². The molecule has 7 heteroatoms. The second-order valence-electron chi connectivity index (χ2n) is 4.59. The number of nitrogens with zero attached hydrogens (tertiary/aromatic N) is 5. The Labute approximate surface area is 108 Å². The molecule has 1 aromatic rings. The van der Waals surface area contributed by atoms with Crippen LogP contribution in [0.15, 0.2) is 6.33 Å². The molecule has 0 bridgehead atoms. The maximum absolute atomic E-state index is 12.2. The summed E-state index contributed by atoms with van der Waals surface area (Å²) >= 11 is 0. The van der Waals surface area contributed by atoms with Crippen LogP contribution in [0.1, 0.15) is 13.8 Å². The lowest BCUT2D eigenvalue weighted by molar-refractivity contribution is -0.134. The number of hydrogen-bond donors (Lipinski definition) is 1. The van der Waals surface area contributed by atoms with Crippen LogP contribution in [0.3, 0.4) is 0 Å². The third-order valence-electron chi connectivity index (χ3n) is 2.67. The summed E-state index contributed by atoms with van der Waals surface area (Å²) in [4.78, 5) is 19.8. The van der Waals surface area contributed by atoms with Crippen LogP contribution in [0.5, 0.6) is 0 Å². The molecule has 0 aliphatic rings. The summed E-state index contributed by atoms with van der Waals surface area (Å²) in [6, 6.07) is 0.165. The molecule has 0 saturated heterocycles. The largest absolute Gasteiger partial charge is 0.367 e. The van der Waals surface area contributed by atoms with Gasteiger partial charge in [-0.15, -0.1) is 5.10 Å². The Kier molecular flexibility index (Phi) is 5.08. The number of nitrogens with two attached hydrogens (primary N) is 1. The maximum atomic E-state index is 12.2. The summed E-state index contributed by atoms with van der Waals surface area (Å²) in [6.07, 6.45) is 1.47. The topological polar surface area (TPSA) is 80.3 Å². The van der Waals surface area contributed by atoms with E-state index in [9.17, 15) is 4.79 Å². The van der Waals surface area contributed by atoms with E-state index in [0.29, 0.717) is 6.54 Å². The highest BCUT2D eigenvalue weighted by molar-refractivity contribution is 5.76. The first kappa shape index (κ1) is 14.4. The summed E-state index contributed by atoms with van der Waals surface area (Å²) in [5.74, 6) is 0.212. The van der Waals surface area contributed by atoms with Crippen molar-refractivity contribution in [1.29, 1.82) is 0 Å². The van der Waals surface area contributed by atoms with E-state index < -0.39 is 0 Å². The van der Waals surface area contributed by atoms with E-state index in [1.54, 1.807) is 0 Å². The second kappa shape index (κ2) is 6.34. The van der Waals surface area contributed by atoms with Crippen molar-refractivity contribution in [1.82, 2.24) is 24.6 Å². The quantitative estimate of drug-likeness (QED) is 0.751. The SMILES string of the molecule is CCN(C(=O)Cn1cnc(N)n1)C(C)CN(C)C. The van der Waals surface area contributed by atoms with Crippen molar-refractivity contribution in [2.24, 2.45) is 0 Å². The first-order valence-corrected chi connectivity index (χ1v) is 6.03. The summed E-state index contributed by atoms with van der Waals surface area (Å²) in [6.45, 7) is 5.70. The van der Waals surface area contributed by atoms with Gasteiger partial charge in [0, 0.05) is 19.1 Å². The average Bonchev–Trinajstić information content (AvgIpc) is 2.63. The van der Waals surface area contributed by atoms with E-state index in [1.165, 1.54) is 11.0 Å². The van der Waals surface area contributed by atoms with Crippen molar-refractivity contribution in [2.75, 3.05) is 32.9 Å². The number of likely N-dealkylation sites (N-methyl/N-ethyl adjacent to an activating group) is 2. The van der Waals surface area contributed by atoms with Crippen LogP contribution >= 0.6 is 0 Å². The maximum Gasteiger partial charge on any atom is 0.244 e. The van der Waals surface area contributed by atoms with Crippen LogP contribution in [0.4, 0.5) is 5.95 Å². The third kappa shape index (κ3) is 3.99. The highest BCUT2D eigenvalue weighted by Gasteiger charge is 2.19. The fraction of sp³-hybridized carbons (Fsp3) is 0.727. The lowest BCUT2D eigenvalue weighted by Gasteiger charge is -2.30. The van der Waals surface area contributed by atoms with Crippen molar-refractivity contribution < 1.29 is 4.79 Å². The van der Waals surface area contributed by atoms with Gasteiger partial charge in [0.15, 0.2) is 0 Å². The number of hydrogen-bond acceptors (Lipinski definition) is 5. The lowest BCUT2D eigenvalue weighted by atomic mass is 10.2. The van der Waals surface area contributed by atoms with Gasteiger partial charge >= 0.3 is 0 Å². The van der Waals surface area contributed by atoms with E-state index in [1.807, 2.05) is 32.8 Å². The normalized spacial score (nSPS) is 12.7. The van der Waals surface area contributed by atoms with Crippen molar-refractivity contribution in [3.8, 4) is 0 Å². The minimum absolute atomic E-state index is 0.0248. The summed E-state index contributed by atoms with van der Waals surface area (Å²) in [5, 5.41) is 3.91. The molecule has 1 heterocycles. The molecule has 1 atom stereocenters. The number of carbonyl (C=O) groups excluding carboxylic acids is 1. The molecule has 0 aliphatic heterocycles. The van der Waals surface area contributed by atoms with Gasteiger partial charge in [-0.25, -0.2) is 9.67 Å². The molecule has 0 aliphatic carbocycles. The molecular weight excluding hydrogens is 232 g/mol. The van der Waals surface area contributed by atoms with E-state index in [0.717, 1.165) is 6.54 Å². The Morgan fingerprint density at radius 3 is 2.67 bits per heavy atom. The highest BCUT2D eigenvalue weighted by atomic mass is 16.2. The first-order chi connectivity index (χ1) is 8.43.